The monoisotopic (exact) mass is 423 g/mol. The van der Waals surface area contributed by atoms with E-state index >= 15 is 0 Å². The Morgan fingerprint density at radius 1 is 1.06 bits per heavy atom. The van der Waals surface area contributed by atoms with E-state index in [2.05, 4.69) is 0 Å². The van der Waals surface area contributed by atoms with Crippen molar-refractivity contribution in [3.63, 3.8) is 0 Å². The van der Waals surface area contributed by atoms with Gasteiger partial charge in [-0.05, 0) is 48.4 Å². The normalized spacial score (nSPS) is 18.9. The van der Waals surface area contributed by atoms with E-state index in [4.69, 9.17) is 4.74 Å². The van der Waals surface area contributed by atoms with Crippen molar-refractivity contribution in [3.05, 3.63) is 77.2 Å². The first-order chi connectivity index (χ1) is 14.9. The number of nitrogens with zero attached hydrogens (tertiary/aromatic N) is 1. The van der Waals surface area contributed by atoms with Gasteiger partial charge in [0.05, 0.1) is 6.61 Å². The molecule has 3 rings (SSSR count). The highest BCUT2D eigenvalue weighted by Gasteiger charge is 2.45. The lowest BCUT2D eigenvalue weighted by molar-refractivity contribution is -0.166. The summed E-state index contributed by atoms with van der Waals surface area (Å²) in [6, 6.07) is 17.4. The maximum Gasteiger partial charge on any atom is 0.359 e. The fourth-order valence-electron chi connectivity index (χ4n) is 4.27. The van der Waals surface area contributed by atoms with Crippen LogP contribution in [0.3, 0.4) is 0 Å². The number of hydrogen-bond donors (Lipinski definition) is 2. The van der Waals surface area contributed by atoms with Gasteiger partial charge in [0.15, 0.2) is 5.70 Å². The van der Waals surface area contributed by atoms with Crippen molar-refractivity contribution in [3.8, 4) is 0 Å². The van der Waals surface area contributed by atoms with Gasteiger partial charge < -0.3 is 19.8 Å². The van der Waals surface area contributed by atoms with Gasteiger partial charge in [-0.2, -0.15) is 0 Å². The Kier molecular flexibility index (Phi) is 7.39. The fourth-order valence-corrected chi connectivity index (χ4v) is 4.27. The lowest BCUT2D eigenvalue weighted by Gasteiger charge is -2.42. The number of aliphatic hydroxyl groups excluding tert-OH is 2. The van der Waals surface area contributed by atoms with Gasteiger partial charge in [0, 0.05) is 18.7 Å². The largest absolute Gasteiger partial charge is 0.510 e. The van der Waals surface area contributed by atoms with Crippen molar-refractivity contribution >= 4 is 11.7 Å². The van der Waals surface area contributed by atoms with E-state index in [-0.39, 0.29) is 30.4 Å². The van der Waals surface area contributed by atoms with E-state index in [0.29, 0.717) is 19.4 Å². The van der Waals surface area contributed by atoms with Crippen molar-refractivity contribution in [1.82, 2.24) is 0 Å². The Morgan fingerprint density at radius 2 is 1.71 bits per heavy atom. The van der Waals surface area contributed by atoms with Gasteiger partial charge in [0.25, 0.3) is 0 Å². The van der Waals surface area contributed by atoms with Gasteiger partial charge in [-0.3, -0.25) is 0 Å². The third-order valence-electron chi connectivity index (χ3n) is 6.17. The summed E-state index contributed by atoms with van der Waals surface area (Å²) in [6.07, 6.45) is 2.33. The molecule has 0 fully saturated rings. The minimum atomic E-state index is -0.790. The van der Waals surface area contributed by atoms with Crippen LogP contribution in [0.4, 0.5) is 5.69 Å². The molecule has 0 radical (unpaired) electrons. The van der Waals surface area contributed by atoms with E-state index in [1.165, 1.54) is 0 Å². The Hall–Kier alpha value is -2.79. The molecule has 2 aromatic rings. The second kappa shape index (κ2) is 10.0. The van der Waals surface area contributed by atoms with Gasteiger partial charge in [-0.1, -0.05) is 63.2 Å². The number of hydrogen-bond acceptors (Lipinski definition) is 5. The molecule has 2 N–H and O–H groups in total. The van der Waals surface area contributed by atoms with Gasteiger partial charge in [-0.15, -0.1) is 0 Å². The number of carbonyl (C=O) groups is 1. The number of anilines is 1. The number of rotatable bonds is 9. The number of carbonyl (C=O) groups excluding carboxylic acids is 1. The van der Waals surface area contributed by atoms with E-state index in [1.807, 2.05) is 80.3 Å². The number of benzene rings is 2. The first-order valence-electron chi connectivity index (χ1n) is 11.1. The van der Waals surface area contributed by atoms with E-state index in [0.717, 1.165) is 23.2 Å². The smallest absolute Gasteiger partial charge is 0.359 e. The zero-order valence-corrected chi connectivity index (χ0v) is 18.7. The minimum absolute atomic E-state index is 0.0248. The van der Waals surface area contributed by atoms with Crippen molar-refractivity contribution in [2.24, 2.45) is 5.92 Å². The van der Waals surface area contributed by atoms with Gasteiger partial charge in [0.2, 0.25) is 0 Å². The summed E-state index contributed by atoms with van der Waals surface area (Å²) in [6.45, 7) is 6.66. The highest BCUT2D eigenvalue weighted by atomic mass is 16.6. The zero-order chi connectivity index (χ0) is 22.4. The summed E-state index contributed by atoms with van der Waals surface area (Å²) < 4.78 is 6.10. The zero-order valence-electron chi connectivity index (χ0n) is 18.7. The molecule has 1 aliphatic rings. The topological polar surface area (TPSA) is 70.0 Å². The molecule has 1 atom stereocenters. The van der Waals surface area contributed by atoms with Crippen LogP contribution in [0.25, 0.3) is 0 Å². The summed E-state index contributed by atoms with van der Waals surface area (Å²) in [7, 11) is 0. The molecule has 166 valence electrons. The molecule has 0 bridgehead atoms. The standard InChI is InChI=1S/C26H33NO4/c1-4-16-27(22-12-6-5-7-13-22)24-23(29)17-26(19(2)3,31-25(24)30)15-14-20-10-8-9-11-21(20)18-28/h5-13,19,28-29H,4,14-18H2,1-3H3/t26-/m0/s1. The predicted molar refractivity (Wildman–Crippen MR) is 123 cm³/mol. The van der Waals surface area contributed by atoms with Crippen molar-refractivity contribution in [2.75, 3.05) is 11.4 Å². The first-order valence-corrected chi connectivity index (χ1v) is 11.1. The minimum Gasteiger partial charge on any atom is -0.510 e. The number of cyclic esters (lactones) is 1. The van der Waals surface area contributed by atoms with Crippen LogP contribution in [0, 0.1) is 5.92 Å². The molecule has 0 saturated heterocycles. The number of para-hydroxylation sites is 1. The molecule has 31 heavy (non-hydrogen) atoms. The maximum atomic E-state index is 13.2. The Labute approximate surface area is 185 Å². The van der Waals surface area contributed by atoms with Crippen LogP contribution in [0.2, 0.25) is 0 Å². The van der Waals surface area contributed by atoms with Crippen molar-refractivity contribution in [2.45, 2.75) is 58.7 Å². The molecule has 0 saturated carbocycles. The molecule has 0 aliphatic carbocycles. The molecule has 5 heteroatoms. The van der Waals surface area contributed by atoms with Crippen LogP contribution in [0.5, 0.6) is 0 Å². The highest BCUT2D eigenvalue weighted by molar-refractivity contribution is 5.94. The van der Waals surface area contributed by atoms with Gasteiger partial charge in [-0.25, -0.2) is 4.79 Å². The number of aryl methyl sites for hydroxylation is 1. The molecular weight excluding hydrogens is 390 g/mol. The van der Waals surface area contributed by atoms with Crippen molar-refractivity contribution < 1.29 is 19.7 Å². The molecule has 0 spiro atoms. The Morgan fingerprint density at radius 3 is 2.29 bits per heavy atom. The summed E-state index contributed by atoms with van der Waals surface area (Å²) in [5.74, 6) is -0.374. The number of ether oxygens (including phenoxy) is 1. The van der Waals surface area contributed by atoms with Crippen LogP contribution in [-0.4, -0.2) is 28.3 Å². The molecule has 1 aliphatic heterocycles. The Balaban J connectivity index is 1.90. The van der Waals surface area contributed by atoms with Crippen LogP contribution in [0.1, 0.15) is 51.2 Å². The lowest BCUT2D eigenvalue weighted by Crippen LogP contribution is -2.48. The van der Waals surface area contributed by atoms with Gasteiger partial charge in [0.1, 0.15) is 11.4 Å². The molecule has 5 nitrogen and oxygen atoms in total. The molecule has 1 heterocycles. The molecule has 0 amide bonds. The number of esters is 1. The third kappa shape index (κ3) is 4.93. The maximum absolute atomic E-state index is 13.2. The summed E-state index contributed by atoms with van der Waals surface area (Å²) in [5, 5.41) is 20.7. The predicted octanol–water partition coefficient (Wildman–Crippen LogP) is 5.14. The SMILES string of the molecule is CCCN(C1=C(O)C[C@@](CCc2ccccc2CO)(C(C)C)OC1=O)c1ccccc1. The molecule has 0 aromatic heterocycles. The quantitative estimate of drug-likeness (QED) is 0.547. The highest BCUT2D eigenvalue weighted by Crippen LogP contribution is 2.40. The summed E-state index contributed by atoms with van der Waals surface area (Å²) >= 11 is 0. The van der Waals surface area contributed by atoms with Crippen molar-refractivity contribution in [1.29, 1.82) is 0 Å². The van der Waals surface area contributed by atoms with E-state index < -0.39 is 11.6 Å². The van der Waals surface area contributed by atoms with Crippen LogP contribution in [0.15, 0.2) is 66.1 Å². The van der Waals surface area contributed by atoms with E-state index in [1.54, 1.807) is 0 Å². The third-order valence-corrected chi connectivity index (χ3v) is 6.17. The molecular formula is C26H33NO4. The fraction of sp³-hybridized carbons (Fsp3) is 0.423. The van der Waals surface area contributed by atoms with Crippen LogP contribution >= 0.6 is 0 Å². The molecule has 0 unspecified atom stereocenters. The number of aliphatic hydroxyl groups is 2. The van der Waals surface area contributed by atoms with Crippen LogP contribution < -0.4 is 4.90 Å². The second-order valence-corrected chi connectivity index (χ2v) is 8.50. The average Bonchev–Trinajstić information content (AvgIpc) is 2.77. The van der Waals surface area contributed by atoms with Gasteiger partial charge >= 0.3 is 5.97 Å². The molecule has 2 aromatic carbocycles. The van der Waals surface area contributed by atoms with E-state index in [9.17, 15) is 15.0 Å². The Bertz CT molecular complexity index is 922. The second-order valence-electron chi connectivity index (χ2n) is 8.50. The average molecular weight is 424 g/mol. The summed E-state index contributed by atoms with van der Waals surface area (Å²) in [5.41, 5.74) is 2.22. The summed E-state index contributed by atoms with van der Waals surface area (Å²) in [4.78, 5) is 15.1. The first kappa shape index (κ1) is 22.9. The van der Waals surface area contributed by atoms with Crippen LogP contribution in [-0.2, 0) is 22.6 Å². The lowest BCUT2D eigenvalue weighted by atomic mass is 9.79.